The number of methoxy groups -OCH3 is 1. The number of aliphatic carboxylic acids is 1. The number of benzene rings is 1. The molecule has 0 heterocycles. The van der Waals surface area contributed by atoms with Crippen LogP contribution in [0.1, 0.15) is 5.56 Å². The summed E-state index contributed by atoms with van der Waals surface area (Å²) < 4.78 is 4.56. The first-order valence-electron chi connectivity index (χ1n) is 5.30. The third kappa shape index (κ3) is 4.03. The minimum absolute atomic E-state index is 0.426. The zero-order chi connectivity index (χ0) is 13.5. The summed E-state index contributed by atoms with van der Waals surface area (Å²) in [7, 11) is 1.22. The highest BCUT2D eigenvalue weighted by Gasteiger charge is 2.19. The summed E-state index contributed by atoms with van der Waals surface area (Å²) in [6.07, 6.45) is 0.183. The summed E-state index contributed by atoms with van der Waals surface area (Å²) in [6, 6.07) is 7.12. The fourth-order valence-electron chi connectivity index (χ4n) is 1.46. The molecule has 18 heavy (non-hydrogen) atoms. The Morgan fingerprint density at radius 2 is 1.94 bits per heavy atom. The van der Waals surface area contributed by atoms with Gasteiger partial charge < -0.3 is 9.84 Å². The van der Waals surface area contributed by atoms with E-state index in [4.69, 9.17) is 5.11 Å². The molecule has 6 heteroatoms. The second-order valence-corrected chi connectivity index (χ2v) is 4.35. The van der Waals surface area contributed by atoms with Crippen molar-refractivity contribution in [2.24, 2.45) is 0 Å². The van der Waals surface area contributed by atoms with Crippen LogP contribution in [0.15, 0.2) is 24.3 Å². The maximum atomic E-state index is 11.5. The van der Waals surface area contributed by atoms with E-state index in [1.54, 1.807) is 12.1 Å². The molecule has 0 bridgehead atoms. The number of nitrogens with zero attached hydrogens (tertiary/aromatic N) is 1. The average molecular weight is 316 g/mol. The lowest BCUT2D eigenvalue weighted by atomic mass is 10.1. The molecule has 5 nitrogen and oxygen atoms in total. The lowest BCUT2D eigenvalue weighted by Gasteiger charge is -2.19. The van der Waals surface area contributed by atoms with E-state index >= 15 is 0 Å². The number of carboxylic acids is 1. The number of hydrogen-bond donors (Lipinski definition) is 1. The van der Waals surface area contributed by atoms with Crippen molar-refractivity contribution in [1.82, 2.24) is 0 Å². The second kappa shape index (κ2) is 7.00. The molecule has 0 unspecified atom stereocenters. The summed E-state index contributed by atoms with van der Waals surface area (Å²) in [6.45, 7) is -0.426. The molecule has 0 radical (unpaired) electrons. The van der Waals surface area contributed by atoms with E-state index in [2.05, 4.69) is 20.7 Å². The van der Waals surface area contributed by atoms with Crippen molar-refractivity contribution >= 4 is 33.7 Å². The molecule has 0 aromatic heterocycles. The molecule has 1 aromatic carbocycles. The number of hydrogen-bond acceptors (Lipinski definition) is 3. The Kier molecular flexibility index (Phi) is 5.64. The molecular weight excluding hydrogens is 302 g/mol. The second-order valence-electron chi connectivity index (χ2n) is 3.56. The van der Waals surface area contributed by atoms with Gasteiger partial charge in [0.15, 0.2) is 0 Å². The van der Waals surface area contributed by atoms with Crippen LogP contribution in [-0.4, -0.2) is 36.2 Å². The number of halogens is 1. The van der Waals surface area contributed by atoms with Gasteiger partial charge in [0.1, 0.15) is 6.54 Å². The molecule has 0 aliphatic heterocycles. The number of aryl methyl sites for hydroxylation is 1. The lowest BCUT2D eigenvalue weighted by molar-refractivity contribution is -0.135. The van der Waals surface area contributed by atoms with Crippen molar-refractivity contribution < 1.29 is 19.4 Å². The molecule has 0 saturated heterocycles. The van der Waals surface area contributed by atoms with Gasteiger partial charge in [0.05, 0.1) is 7.11 Å². The van der Waals surface area contributed by atoms with Gasteiger partial charge >= 0.3 is 12.1 Å². The highest BCUT2D eigenvalue weighted by molar-refractivity contribution is 9.09. The Hall–Kier alpha value is -1.56. The number of alkyl halides is 1. The van der Waals surface area contributed by atoms with Crippen LogP contribution in [0, 0.1) is 0 Å². The van der Waals surface area contributed by atoms with Gasteiger partial charge in [0.25, 0.3) is 0 Å². The fraction of sp³-hybridized carbons (Fsp3) is 0.333. The van der Waals surface area contributed by atoms with Crippen LogP contribution in [0.25, 0.3) is 0 Å². The van der Waals surface area contributed by atoms with Gasteiger partial charge in [-0.2, -0.15) is 0 Å². The summed E-state index contributed by atoms with van der Waals surface area (Å²) in [5.41, 5.74) is 1.61. The Morgan fingerprint density at radius 3 is 2.39 bits per heavy atom. The monoisotopic (exact) mass is 315 g/mol. The Balaban J connectivity index is 2.90. The first-order chi connectivity index (χ1) is 8.58. The van der Waals surface area contributed by atoms with Crippen molar-refractivity contribution in [3.05, 3.63) is 29.8 Å². The number of carboxylic acid groups (broad SMARTS) is 1. The van der Waals surface area contributed by atoms with Gasteiger partial charge in [0, 0.05) is 11.0 Å². The van der Waals surface area contributed by atoms with Crippen molar-refractivity contribution in [1.29, 1.82) is 0 Å². The van der Waals surface area contributed by atoms with Crippen LogP contribution in [0.3, 0.4) is 0 Å². The van der Waals surface area contributed by atoms with Crippen LogP contribution in [0.5, 0.6) is 0 Å². The van der Waals surface area contributed by atoms with Crippen LogP contribution >= 0.6 is 15.9 Å². The Labute approximate surface area is 113 Å². The fourth-order valence-corrected chi connectivity index (χ4v) is 1.92. The van der Waals surface area contributed by atoms with Crippen LogP contribution in [0.2, 0.25) is 0 Å². The summed E-state index contributed by atoms with van der Waals surface area (Å²) >= 11 is 3.34. The van der Waals surface area contributed by atoms with Gasteiger partial charge in [-0.25, -0.2) is 4.79 Å². The summed E-state index contributed by atoms with van der Waals surface area (Å²) in [4.78, 5) is 23.3. The zero-order valence-electron chi connectivity index (χ0n) is 9.93. The number of carbonyl (C=O) groups excluding carboxylic acids is 1. The van der Waals surface area contributed by atoms with E-state index in [-0.39, 0.29) is 0 Å². The topological polar surface area (TPSA) is 66.8 Å². The maximum Gasteiger partial charge on any atom is 0.414 e. The first-order valence-corrected chi connectivity index (χ1v) is 6.42. The molecule has 0 saturated carbocycles. The maximum absolute atomic E-state index is 11.5. The van der Waals surface area contributed by atoms with E-state index in [9.17, 15) is 9.59 Å². The van der Waals surface area contributed by atoms with E-state index < -0.39 is 18.6 Å². The van der Waals surface area contributed by atoms with Crippen molar-refractivity contribution in [3.63, 3.8) is 0 Å². The van der Waals surface area contributed by atoms with Gasteiger partial charge in [-0.15, -0.1) is 0 Å². The number of anilines is 1. The Bertz CT molecular complexity index is 419. The standard InChI is InChI=1S/C12H14BrNO4/c1-18-12(17)14(8-11(15)16)10-4-2-9(3-5-10)6-7-13/h2-5H,6-8H2,1H3,(H,15,16). The third-order valence-electron chi connectivity index (χ3n) is 2.32. The average Bonchev–Trinajstić information content (AvgIpc) is 2.36. The minimum atomic E-state index is -1.09. The lowest BCUT2D eigenvalue weighted by Crippen LogP contribution is -2.35. The number of ether oxygens (including phenoxy) is 1. The molecule has 98 valence electrons. The quantitative estimate of drug-likeness (QED) is 0.846. The molecule has 0 aliphatic rings. The van der Waals surface area contributed by atoms with Crippen molar-refractivity contribution in [2.45, 2.75) is 6.42 Å². The molecule has 1 rings (SSSR count). The number of carbonyl (C=O) groups is 2. The highest BCUT2D eigenvalue weighted by Crippen LogP contribution is 2.16. The van der Waals surface area contributed by atoms with E-state index in [1.165, 1.54) is 7.11 Å². The Morgan fingerprint density at radius 1 is 1.33 bits per heavy atom. The number of amides is 1. The SMILES string of the molecule is COC(=O)N(CC(=O)O)c1ccc(CCBr)cc1. The molecule has 0 spiro atoms. The van der Waals surface area contributed by atoms with Crippen LogP contribution < -0.4 is 4.90 Å². The molecular formula is C12H14BrNO4. The van der Waals surface area contributed by atoms with Gasteiger partial charge in [-0.1, -0.05) is 28.1 Å². The van der Waals surface area contributed by atoms with E-state index in [1.807, 2.05) is 12.1 Å². The zero-order valence-corrected chi connectivity index (χ0v) is 11.5. The molecule has 1 amide bonds. The van der Waals surface area contributed by atoms with Crippen molar-refractivity contribution in [3.8, 4) is 0 Å². The normalized spacial score (nSPS) is 9.89. The number of rotatable bonds is 5. The summed E-state index contributed by atoms with van der Waals surface area (Å²) in [5, 5.41) is 9.62. The minimum Gasteiger partial charge on any atom is -0.480 e. The van der Waals surface area contributed by atoms with Crippen LogP contribution in [-0.2, 0) is 16.0 Å². The third-order valence-corrected chi connectivity index (χ3v) is 2.72. The molecule has 0 fully saturated rings. The predicted octanol–water partition coefficient (Wildman–Crippen LogP) is 2.28. The van der Waals surface area contributed by atoms with E-state index in [0.717, 1.165) is 22.2 Å². The predicted molar refractivity (Wildman–Crippen MR) is 71.3 cm³/mol. The largest absolute Gasteiger partial charge is 0.480 e. The molecule has 1 aromatic rings. The van der Waals surface area contributed by atoms with Gasteiger partial charge in [-0.05, 0) is 24.1 Å². The molecule has 1 N–H and O–H groups in total. The smallest absolute Gasteiger partial charge is 0.414 e. The van der Waals surface area contributed by atoms with E-state index in [0.29, 0.717) is 5.69 Å². The molecule has 0 atom stereocenters. The highest BCUT2D eigenvalue weighted by atomic mass is 79.9. The van der Waals surface area contributed by atoms with Crippen molar-refractivity contribution in [2.75, 3.05) is 23.9 Å². The van der Waals surface area contributed by atoms with Gasteiger partial charge in [-0.3, -0.25) is 9.69 Å². The first kappa shape index (κ1) is 14.5. The molecule has 0 aliphatic carbocycles. The van der Waals surface area contributed by atoms with Crippen LogP contribution in [0.4, 0.5) is 10.5 Å². The summed E-state index contributed by atoms with van der Waals surface area (Å²) in [5.74, 6) is -1.09. The van der Waals surface area contributed by atoms with Gasteiger partial charge in [0.2, 0.25) is 0 Å².